The molecule has 0 aliphatic heterocycles. The van der Waals surface area contributed by atoms with E-state index in [1.165, 1.54) is 19.3 Å². The summed E-state index contributed by atoms with van der Waals surface area (Å²) in [6.45, 7) is 3.69. The Morgan fingerprint density at radius 1 is 1.46 bits per heavy atom. The Bertz CT molecular complexity index is 207. The molecule has 0 bridgehead atoms. The van der Waals surface area contributed by atoms with Crippen LogP contribution in [0.1, 0.15) is 32.1 Å². The lowest BCUT2D eigenvalue weighted by Crippen LogP contribution is -2.53. The topological polar surface area (TPSA) is 29.3 Å². The Morgan fingerprint density at radius 2 is 2.00 bits per heavy atom. The molecule has 1 fully saturated rings. The average Bonchev–Trinajstić information content (AvgIpc) is 2.16. The molecule has 2 nitrogen and oxygen atoms in total. The van der Waals surface area contributed by atoms with Gasteiger partial charge in [0.05, 0.1) is 5.54 Å². The highest BCUT2D eigenvalue weighted by atomic mass is 32.1. The molecular formula is C10H18N2S. The summed E-state index contributed by atoms with van der Waals surface area (Å²) in [5.74, 6) is 0. The molecule has 1 saturated carbocycles. The van der Waals surface area contributed by atoms with Gasteiger partial charge in [0, 0.05) is 7.05 Å². The summed E-state index contributed by atoms with van der Waals surface area (Å²) in [6, 6.07) is 0. The quantitative estimate of drug-likeness (QED) is 0.689. The van der Waals surface area contributed by atoms with Crippen LogP contribution in [0.15, 0.2) is 12.8 Å². The first-order valence-electron chi connectivity index (χ1n) is 4.79. The maximum atomic E-state index is 6.25. The van der Waals surface area contributed by atoms with Crippen LogP contribution in [-0.2, 0) is 0 Å². The van der Waals surface area contributed by atoms with Crippen LogP contribution in [0.2, 0.25) is 0 Å². The Kier molecular flexibility index (Phi) is 3.45. The van der Waals surface area contributed by atoms with E-state index in [0.29, 0.717) is 0 Å². The van der Waals surface area contributed by atoms with E-state index in [-0.39, 0.29) is 5.54 Å². The van der Waals surface area contributed by atoms with Gasteiger partial charge in [0.25, 0.3) is 0 Å². The van der Waals surface area contributed by atoms with Gasteiger partial charge in [0.15, 0.2) is 0 Å². The van der Waals surface area contributed by atoms with Crippen LogP contribution >= 0.6 is 12.2 Å². The molecule has 0 aromatic heterocycles. The molecule has 0 radical (unpaired) electrons. The molecule has 1 aliphatic carbocycles. The van der Waals surface area contributed by atoms with Crippen molar-refractivity contribution in [3.63, 3.8) is 0 Å². The van der Waals surface area contributed by atoms with E-state index in [1.54, 1.807) is 6.20 Å². The van der Waals surface area contributed by atoms with Gasteiger partial charge in [-0.15, -0.1) is 0 Å². The molecule has 2 N–H and O–H groups in total. The van der Waals surface area contributed by atoms with Crippen LogP contribution in [0.5, 0.6) is 0 Å². The molecule has 1 aliphatic rings. The summed E-state index contributed by atoms with van der Waals surface area (Å²) >= 11 is 5.34. The number of hydrogen-bond donors (Lipinski definition) is 1. The highest BCUT2D eigenvalue weighted by molar-refractivity contribution is 7.80. The Morgan fingerprint density at radius 3 is 2.46 bits per heavy atom. The van der Waals surface area contributed by atoms with Gasteiger partial charge in [-0.3, -0.25) is 0 Å². The third kappa shape index (κ3) is 2.29. The van der Waals surface area contributed by atoms with Crippen molar-refractivity contribution in [2.75, 3.05) is 7.05 Å². The Hall–Kier alpha value is -0.410. The third-order valence-electron chi connectivity index (χ3n) is 2.77. The second-order valence-electron chi connectivity index (χ2n) is 3.82. The zero-order valence-electron chi connectivity index (χ0n) is 8.25. The monoisotopic (exact) mass is 198 g/mol. The van der Waals surface area contributed by atoms with Gasteiger partial charge in [-0.2, -0.15) is 0 Å². The zero-order valence-corrected chi connectivity index (χ0v) is 9.07. The van der Waals surface area contributed by atoms with Gasteiger partial charge in [-0.1, -0.05) is 38.1 Å². The van der Waals surface area contributed by atoms with Gasteiger partial charge >= 0.3 is 0 Å². The van der Waals surface area contributed by atoms with Crippen LogP contribution in [0, 0.1) is 0 Å². The van der Waals surface area contributed by atoms with Gasteiger partial charge in [-0.25, -0.2) is 0 Å². The molecule has 0 aromatic rings. The molecule has 0 amide bonds. The SMILES string of the molecule is C=CN(C)C(=S)C1(N)CCCCC1. The standard InChI is InChI=1S/C10H18N2S/c1-3-12(2)9(13)10(11)7-5-4-6-8-10/h3H,1,4-8,11H2,2H3. The lowest BCUT2D eigenvalue weighted by atomic mass is 9.82. The summed E-state index contributed by atoms with van der Waals surface area (Å²) in [5, 5.41) is 0. The van der Waals surface area contributed by atoms with E-state index in [2.05, 4.69) is 6.58 Å². The van der Waals surface area contributed by atoms with Crippen LogP contribution in [0.25, 0.3) is 0 Å². The molecule has 0 saturated heterocycles. The van der Waals surface area contributed by atoms with Crippen molar-refractivity contribution in [3.05, 3.63) is 12.8 Å². The predicted molar refractivity (Wildman–Crippen MR) is 60.6 cm³/mol. The van der Waals surface area contributed by atoms with Crippen molar-refractivity contribution in [2.45, 2.75) is 37.6 Å². The van der Waals surface area contributed by atoms with Crippen LogP contribution in [0.3, 0.4) is 0 Å². The van der Waals surface area contributed by atoms with Gasteiger partial charge in [0.2, 0.25) is 0 Å². The van der Waals surface area contributed by atoms with E-state index in [0.717, 1.165) is 17.8 Å². The fraction of sp³-hybridized carbons (Fsp3) is 0.700. The second-order valence-corrected chi connectivity index (χ2v) is 4.20. The Labute approximate surface area is 85.8 Å². The molecule has 0 atom stereocenters. The van der Waals surface area contributed by atoms with Crippen LogP contribution in [0.4, 0.5) is 0 Å². The summed E-state index contributed by atoms with van der Waals surface area (Å²) in [7, 11) is 1.92. The molecule has 0 aromatic carbocycles. The number of nitrogens with two attached hydrogens (primary N) is 1. The van der Waals surface area contributed by atoms with Crippen LogP contribution < -0.4 is 5.73 Å². The second kappa shape index (κ2) is 4.20. The van der Waals surface area contributed by atoms with Gasteiger partial charge in [-0.05, 0) is 19.0 Å². The van der Waals surface area contributed by atoms with Crippen molar-refractivity contribution < 1.29 is 0 Å². The van der Waals surface area contributed by atoms with Crippen molar-refractivity contribution in [1.29, 1.82) is 0 Å². The van der Waals surface area contributed by atoms with Crippen molar-refractivity contribution in [3.8, 4) is 0 Å². The lowest BCUT2D eigenvalue weighted by Gasteiger charge is -2.36. The van der Waals surface area contributed by atoms with E-state index in [9.17, 15) is 0 Å². The van der Waals surface area contributed by atoms with Crippen molar-refractivity contribution in [1.82, 2.24) is 4.90 Å². The maximum Gasteiger partial charge on any atom is 0.102 e. The Balaban J connectivity index is 2.66. The summed E-state index contributed by atoms with van der Waals surface area (Å²) < 4.78 is 0. The zero-order chi connectivity index (χ0) is 9.90. The minimum absolute atomic E-state index is 0.253. The smallest absolute Gasteiger partial charge is 0.102 e. The molecule has 13 heavy (non-hydrogen) atoms. The van der Waals surface area contributed by atoms with E-state index in [1.807, 2.05) is 11.9 Å². The van der Waals surface area contributed by atoms with Crippen molar-refractivity contribution in [2.24, 2.45) is 5.73 Å². The fourth-order valence-corrected chi connectivity index (χ4v) is 2.11. The predicted octanol–water partition coefficient (Wildman–Crippen LogP) is 2.05. The minimum Gasteiger partial charge on any atom is -0.345 e. The van der Waals surface area contributed by atoms with Gasteiger partial charge < -0.3 is 10.6 Å². The first-order valence-corrected chi connectivity index (χ1v) is 5.20. The third-order valence-corrected chi connectivity index (χ3v) is 3.46. The van der Waals surface area contributed by atoms with E-state index < -0.39 is 0 Å². The molecule has 0 heterocycles. The number of nitrogens with zero attached hydrogens (tertiary/aromatic N) is 1. The molecule has 0 spiro atoms. The molecule has 0 unspecified atom stereocenters. The molecule has 3 heteroatoms. The number of thiocarbonyl (C=S) groups is 1. The summed E-state index contributed by atoms with van der Waals surface area (Å²) in [4.78, 5) is 2.70. The normalized spacial score (nSPS) is 20.8. The molecule has 74 valence electrons. The summed E-state index contributed by atoms with van der Waals surface area (Å²) in [5.41, 5.74) is 5.99. The highest BCUT2D eigenvalue weighted by Gasteiger charge is 2.33. The minimum atomic E-state index is -0.253. The maximum absolute atomic E-state index is 6.25. The summed E-state index contributed by atoms with van der Waals surface area (Å²) in [6.07, 6.45) is 7.45. The number of likely N-dealkylation sites (N-methyl/N-ethyl adjacent to an activating group) is 1. The fourth-order valence-electron chi connectivity index (χ4n) is 1.83. The first kappa shape index (κ1) is 10.7. The van der Waals surface area contributed by atoms with Crippen LogP contribution in [-0.4, -0.2) is 22.5 Å². The van der Waals surface area contributed by atoms with E-state index >= 15 is 0 Å². The van der Waals surface area contributed by atoms with Crippen molar-refractivity contribution >= 4 is 17.2 Å². The number of hydrogen-bond acceptors (Lipinski definition) is 2. The average molecular weight is 198 g/mol. The lowest BCUT2D eigenvalue weighted by molar-refractivity contribution is 0.365. The highest BCUT2D eigenvalue weighted by Crippen LogP contribution is 2.28. The van der Waals surface area contributed by atoms with E-state index in [4.69, 9.17) is 18.0 Å². The molecule has 1 rings (SSSR count). The molecular weight excluding hydrogens is 180 g/mol. The van der Waals surface area contributed by atoms with Gasteiger partial charge in [0.1, 0.15) is 4.99 Å². The number of rotatable bonds is 2. The largest absolute Gasteiger partial charge is 0.345 e. The first-order chi connectivity index (χ1) is 6.10.